The topological polar surface area (TPSA) is 43.1 Å². The average Bonchev–Trinajstić information content (AvgIpc) is 1.78. The molecule has 1 saturated carbocycles. The summed E-state index contributed by atoms with van der Waals surface area (Å²) in [6.07, 6.45) is 2.21. The third-order valence-corrected chi connectivity index (χ3v) is 2.39. The zero-order valence-electron chi connectivity index (χ0n) is 6.68. The van der Waals surface area contributed by atoms with Gasteiger partial charge >= 0.3 is 0 Å². The number of carbonyl (C=O) groups excluding carboxylic acids is 1. The highest BCUT2D eigenvalue weighted by atomic mass is 16.1. The van der Waals surface area contributed by atoms with Crippen LogP contribution in [0, 0.1) is 5.41 Å². The van der Waals surface area contributed by atoms with Crippen molar-refractivity contribution in [3.8, 4) is 0 Å². The predicted molar refractivity (Wildman–Crippen MR) is 40.6 cm³/mol. The molecule has 1 rings (SSSR count). The predicted octanol–water partition coefficient (Wildman–Crippen LogP) is 1.09. The molecule has 0 heterocycles. The molecule has 0 aromatic heterocycles. The molecule has 0 radical (unpaired) electrons. The van der Waals surface area contributed by atoms with Gasteiger partial charge in [0, 0.05) is 18.9 Å². The molecule has 0 amide bonds. The molecule has 58 valence electrons. The Labute approximate surface area is 61.8 Å². The Kier molecular flexibility index (Phi) is 1.82. The monoisotopic (exact) mass is 141 g/mol. The first-order valence-electron chi connectivity index (χ1n) is 3.80. The standard InChI is InChI=1S/C8H15NO/c1-8(2)5-6(10)3-4-7(8)9/h7H,3-5,9H2,1-2H3. The summed E-state index contributed by atoms with van der Waals surface area (Å²) >= 11 is 0. The van der Waals surface area contributed by atoms with Crippen molar-refractivity contribution in [1.82, 2.24) is 0 Å². The molecule has 0 saturated heterocycles. The Morgan fingerprint density at radius 3 is 2.60 bits per heavy atom. The van der Waals surface area contributed by atoms with Crippen LogP contribution in [0.1, 0.15) is 33.1 Å². The van der Waals surface area contributed by atoms with E-state index in [1.54, 1.807) is 0 Å². The molecule has 2 nitrogen and oxygen atoms in total. The Balaban J connectivity index is 2.63. The van der Waals surface area contributed by atoms with Crippen LogP contribution in [-0.2, 0) is 4.79 Å². The normalized spacial score (nSPS) is 32.3. The maximum atomic E-state index is 11.0. The van der Waals surface area contributed by atoms with E-state index in [1.165, 1.54) is 0 Å². The molecule has 1 aliphatic carbocycles. The summed E-state index contributed by atoms with van der Waals surface area (Å²) in [5, 5.41) is 0. The molecule has 0 aliphatic heterocycles. The van der Waals surface area contributed by atoms with Crippen LogP contribution in [0.4, 0.5) is 0 Å². The second-order valence-electron chi connectivity index (χ2n) is 3.85. The molecule has 0 bridgehead atoms. The molecular formula is C8H15NO. The Morgan fingerprint density at radius 2 is 2.20 bits per heavy atom. The van der Waals surface area contributed by atoms with Crippen LogP contribution in [0.2, 0.25) is 0 Å². The smallest absolute Gasteiger partial charge is 0.133 e. The van der Waals surface area contributed by atoms with Gasteiger partial charge in [0.1, 0.15) is 5.78 Å². The molecule has 10 heavy (non-hydrogen) atoms. The van der Waals surface area contributed by atoms with Crippen molar-refractivity contribution < 1.29 is 4.79 Å². The fourth-order valence-electron chi connectivity index (χ4n) is 1.43. The lowest BCUT2D eigenvalue weighted by Gasteiger charge is -2.34. The molecule has 0 spiro atoms. The molecule has 0 aromatic rings. The van der Waals surface area contributed by atoms with Gasteiger partial charge in [-0.05, 0) is 11.8 Å². The lowest BCUT2D eigenvalue weighted by Crippen LogP contribution is -2.42. The number of Topliss-reactive ketones (excluding diaryl/α,β-unsaturated/α-hetero) is 1. The number of ketones is 1. The first kappa shape index (κ1) is 7.73. The molecule has 2 N–H and O–H groups in total. The minimum absolute atomic E-state index is 0.0370. The van der Waals surface area contributed by atoms with Crippen molar-refractivity contribution >= 4 is 5.78 Å². The van der Waals surface area contributed by atoms with Crippen LogP contribution in [0.3, 0.4) is 0 Å². The zero-order valence-corrected chi connectivity index (χ0v) is 6.68. The van der Waals surface area contributed by atoms with Crippen LogP contribution >= 0.6 is 0 Å². The van der Waals surface area contributed by atoms with Crippen molar-refractivity contribution in [3.63, 3.8) is 0 Å². The molecule has 0 aromatic carbocycles. The van der Waals surface area contributed by atoms with Gasteiger partial charge in [-0.1, -0.05) is 13.8 Å². The molecule has 2 heteroatoms. The van der Waals surface area contributed by atoms with Gasteiger partial charge in [0.05, 0.1) is 0 Å². The maximum Gasteiger partial charge on any atom is 0.133 e. The van der Waals surface area contributed by atoms with Gasteiger partial charge < -0.3 is 5.73 Å². The van der Waals surface area contributed by atoms with Gasteiger partial charge in [0.2, 0.25) is 0 Å². The van der Waals surface area contributed by atoms with E-state index in [1.807, 2.05) is 0 Å². The van der Waals surface area contributed by atoms with Gasteiger partial charge in [-0.25, -0.2) is 0 Å². The fourth-order valence-corrected chi connectivity index (χ4v) is 1.43. The average molecular weight is 141 g/mol. The summed E-state index contributed by atoms with van der Waals surface area (Å²) in [6, 6.07) is 0.213. The highest BCUT2D eigenvalue weighted by Crippen LogP contribution is 2.31. The summed E-state index contributed by atoms with van der Waals surface area (Å²) in [4.78, 5) is 11.0. The summed E-state index contributed by atoms with van der Waals surface area (Å²) < 4.78 is 0. The fraction of sp³-hybridized carbons (Fsp3) is 0.875. The number of rotatable bonds is 0. The second-order valence-corrected chi connectivity index (χ2v) is 3.85. The summed E-state index contributed by atoms with van der Waals surface area (Å²) in [5.41, 5.74) is 5.86. The van der Waals surface area contributed by atoms with E-state index < -0.39 is 0 Å². The quantitative estimate of drug-likeness (QED) is 0.548. The van der Waals surface area contributed by atoms with Gasteiger partial charge in [-0.2, -0.15) is 0 Å². The Bertz CT molecular complexity index is 151. The van der Waals surface area contributed by atoms with E-state index in [0.29, 0.717) is 18.6 Å². The zero-order chi connectivity index (χ0) is 7.78. The molecular weight excluding hydrogens is 126 g/mol. The van der Waals surface area contributed by atoms with Crippen molar-refractivity contribution in [1.29, 1.82) is 0 Å². The molecule has 1 atom stereocenters. The number of carbonyl (C=O) groups is 1. The second kappa shape index (κ2) is 2.35. The number of nitrogens with two attached hydrogens (primary N) is 1. The Morgan fingerprint density at radius 1 is 1.60 bits per heavy atom. The van der Waals surface area contributed by atoms with Crippen molar-refractivity contribution in [2.45, 2.75) is 39.2 Å². The largest absolute Gasteiger partial charge is 0.327 e. The van der Waals surface area contributed by atoms with Gasteiger partial charge in [0.15, 0.2) is 0 Å². The minimum atomic E-state index is 0.0370. The third kappa shape index (κ3) is 1.37. The molecule has 1 aliphatic rings. The van der Waals surface area contributed by atoms with Crippen LogP contribution < -0.4 is 5.73 Å². The lowest BCUT2D eigenvalue weighted by atomic mass is 9.73. The highest BCUT2D eigenvalue weighted by molar-refractivity contribution is 5.80. The van der Waals surface area contributed by atoms with Crippen molar-refractivity contribution in [2.75, 3.05) is 0 Å². The van der Waals surface area contributed by atoms with Crippen molar-refractivity contribution in [3.05, 3.63) is 0 Å². The van der Waals surface area contributed by atoms with Gasteiger partial charge in [0.25, 0.3) is 0 Å². The van der Waals surface area contributed by atoms with E-state index in [9.17, 15) is 4.79 Å². The van der Waals surface area contributed by atoms with Gasteiger partial charge in [-0.3, -0.25) is 4.79 Å². The summed E-state index contributed by atoms with van der Waals surface area (Å²) in [5.74, 6) is 0.367. The van der Waals surface area contributed by atoms with E-state index >= 15 is 0 Å². The van der Waals surface area contributed by atoms with Gasteiger partial charge in [-0.15, -0.1) is 0 Å². The third-order valence-electron chi connectivity index (χ3n) is 2.39. The SMILES string of the molecule is CC1(C)CC(=O)CCC1N. The van der Waals surface area contributed by atoms with Crippen LogP contribution in [0.15, 0.2) is 0 Å². The van der Waals surface area contributed by atoms with Crippen LogP contribution in [0.5, 0.6) is 0 Å². The minimum Gasteiger partial charge on any atom is -0.327 e. The summed E-state index contributed by atoms with van der Waals surface area (Å²) in [6.45, 7) is 4.13. The number of hydrogen-bond acceptors (Lipinski definition) is 2. The maximum absolute atomic E-state index is 11.0. The van der Waals surface area contributed by atoms with Crippen molar-refractivity contribution in [2.24, 2.45) is 11.1 Å². The molecule has 1 unspecified atom stereocenters. The van der Waals surface area contributed by atoms with E-state index in [-0.39, 0.29) is 11.5 Å². The molecule has 1 fully saturated rings. The van der Waals surface area contributed by atoms with E-state index in [4.69, 9.17) is 5.73 Å². The lowest BCUT2D eigenvalue weighted by molar-refractivity contribution is -0.123. The number of hydrogen-bond donors (Lipinski definition) is 1. The van der Waals surface area contributed by atoms with E-state index in [2.05, 4.69) is 13.8 Å². The van der Waals surface area contributed by atoms with Crippen LogP contribution in [-0.4, -0.2) is 11.8 Å². The first-order chi connectivity index (χ1) is 4.52. The van der Waals surface area contributed by atoms with E-state index in [0.717, 1.165) is 6.42 Å². The first-order valence-corrected chi connectivity index (χ1v) is 3.80. The summed E-state index contributed by atoms with van der Waals surface area (Å²) in [7, 11) is 0. The van der Waals surface area contributed by atoms with Crippen LogP contribution in [0.25, 0.3) is 0 Å². The highest BCUT2D eigenvalue weighted by Gasteiger charge is 2.33. The Hall–Kier alpha value is -0.370.